The number of unbranched alkanes of at least 4 members (excludes halogenated alkanes) is 4. The molecule has 0 spiro atoms. The van der Waals surface area contributed by atoms with Gasteiger partial charge < -0.3 is 10.2 Å². The summed E-state index contributed by atoms with van der Waals surface area (Å²) in [6, 6.07) is 0. The summed E-state index contributed by atoms with van der Waals surface area (Å²) in [5.74, 6) is -0.293. The van der Waals surface area contributed by atoms with Crippen molar-refractivity contribution in [2.24, 2.45) is 0 Å². The highest BCUT2D eigenvalue weighted by Gasteiger charge is 2.35. The molecule has 0 aromatic heterocycles. The normalized spacial score (nSPS) is 18.6. The van der Waals surface area contributed by atoms with E-state index >= 15 is 0 Å². The molecule has 0 unspecified atom stereocenters. The van der Waals surface area contributed by atoms with E-state index in [0.717, 1.165) is 49.7 Å². The number of aliphatic hydroxyl groups is 2. The second kappa shape index (κ2) is 10.2. The van der Waals surface area contributed by atoms with Crippen LogP contribution in [0.1, 0.15) is 90.9 Å². The van der Waals surface area contributed by atoms with Crippen LogP contribution in [-0.4, -0.2) is 18.6 Å². The maximum atomic E-state index is 13.5. The Kier molecular flexibility index (Phi) is 8.21. The topological polar surface area (TPSA) is 74.6 Å². The number of sulfone groups is 1. The molecule has 2 aliphatic carbocycles. The smallest absolute Gasteiger partial charge is 0.213 e. The van der Waals surface area contributed by atoms with E-state index in [2.05, 4.69) is 13.8 Å². The molecule has 27 heavy (non-hydrogen) atoms. The summed E-state index contributed by atoms with van der Waals surface area (Å²) in [6.07, 6.45) is 13.2. The number of allylic oxidation sites excluding steroid dienone is 4. The molecule has 0 aromatic carbocycles. The SMILES string of the molecule is CCCCCC1=C(S(=O)(=O)C2=C(CCCCC)CCC=C2O)C(O)=CCC1. The quantitative estimate of drug-likeness (QED) is 0.412. The Morgan fingerprint density at radius 2 is 1.19 bits per heavy atom. The lowest BCUT2D eigenvalue weighted by Crippen LogP contribution is -2.19. The lowest BCUT2D eigenvalue weighted by Gasteiger charge is -2.24. The molecule has 0 heterocycles. The van der Waals surface area contributed by atoms with E-state index in [1.54, 1.807) is 12.2 Å². The van der Waals surface area contributed by atoms with Crippen LogP contribution in [0.4, 0.5) is 0 Å². The van der Waals surface area contributed by atoms with Crippen LogP contribution in [0.2, 0.25) is 0 Å². The van der Waals surface area contributed by atoms with E-state index < -0.39 is 9.84 Å². The van der Waals surface area contributed by atoms with Gasteiger partial charge in [-0.05, 0) is 74.7 Å². The molecule has 0 fully saturated rings. The predicted octanol–water partition coefficient (Wildman–Crippen LogP) is 6.54. The van der Waals surface area contributed by atoms with Crippen LogP contribution in [0, 0.1) is 0 Å². The Bertz CT molecular complexity index is 693. The molecular formula is C22H34O4S. The molecule has 5 heteroatoms. The first-order chi connectivity index (χ1) is 12.9. The van der Waals surface area contributed by atoms with E-state index in [-0.39, 0.29) is 21.3 Å². The second-order valence-electron chi connectivity index (χ2n) is 7.54. The van der Waals surface area contributed by atoms with Crippen LogP contribution in [0.25, 0.3) is 0 Å². The standard InChI is InChI=1S/C22H34O4S/c1-3-5-7-11-17-13-9-15-19(23)21(17)27(25,26)22-18(12-8-6-4-2)14-10-16-20(22)24/h15-16,23-24H,3-14H2,1-2H3. The van der Waals surface area contributed by atoms with E-state index in [1.165, 1.54) is 0 Å². The van der Waals surface area contributed by atoms with Gasteiger partial charge in [-0.25, -0.2) is 8.42 Å². The van der Waals surface area contributed by atoms with Crippen LogP contribution in [-0.2, 0) is 9.84 Å². The lowest BCUT2D eigenvalue weighted by atomic mass is 9.98. The van der Waals surface area contributed by atoms with Crippen molar-refractivity contribution in [1.29, 1.82) is 0 Å². The van der Waals surface area contributed by atoms with Crippen molar-refractivity contribution in [3.63, 3.8) is 0 Å². The minimum absolute atomic E-state index is 0.0506. The third-order valence-electron chi connectivity index (χ3n) is 5.38. The monoisotopic (exact) mass is 394 g/mol. The van der Waals surface area contributed by atoms with E-state index in [0.29, 0.717) is 38.5 Å². The number of aliphatic hydroxyl groups excluding tert-OH is 2. The molecule has 2 N–H and O–H groups in total. The van der Waals surface area contributed by atoms with Crippen LogP contribution >= 0.6 is 0 Å². The molecule has 0 amide bonds. The van der Waals surface area contributed by atoms with E-state index in [4.69, 9.17) is 0 Å². The largest absolute Gasteiger partial charge is 0.507 e. The van der Waals surface area contributed by atoms with Gasteiger partial charge in [0.1, 0.15) is 21.3 Å². The summed E-state index contributed by atoms with van der Waals surface area (Å²) in [4.78, 5) is 0.101. The molecule has 2 aliphatic rings. The molecule has 0 saturated heterocycles. The fourth-order valence-electron chi connectivity index (χ4n) is 3.95. The molecule has 152 valence electrons. The second-order valence-corrected chi connectivity index (χ2v) is 9.36. The fraction of sp³-hybridized carbons (Fsp3) is 0.636. The molecule has 0 saturated carbocycles. The van der Waals surface area contributed by atoms with Crippen molar-refractivity contribution in [2.75, 3.05) is 0 Å². The summed E-state index contributed by atoms with van der Waals surface area (Å²) < 4.78 is 27.1. The molecule has 0 atom stereocenters. The Balaban J connectivity index is 2.47. The zero-order chi connectivity index (χ0) is 19.9. The van der Waals surface area contributed by atoms with Gasteiger partial charge in [0, 0.05) is 0 Å². The average Bonchev–Trinajstić information content (AvgIpc) is 2.62. The third-order valence-corrected chi connectivity index (χ3v) is 7.45. The number of rotatable bonds is 10. The Morgan fingerprint density at radius 3 is 1.56 bits per heavy atom. The van der Waals surface area contributed by atoms with Gasteiger partial charge in [0.25, 0.3) is 0 Å². The van der Waals surface area contributed by atoms with Gasteiger partial charge in [0.05, 0.1) is 0 Å². The molecule has 0 radical (unpaired) electrons. The highest BCUT2D eigenvalue weighted by atomic mass is 32.2. The number of hydrogen-bond acceptors (Lipinski definition) is 4. The van der Waals surface area contributed by atoms with Gasteiger partial charge in [0.15, 0.2) is 0 Å². The molecular weight excluding hydrogens is 360 g/mol. The predicted molar refractivity (Wildman–Crippen MR) is 111 cm³/mol. The fourth-order valence-corrected chi connectivity index (χ4v) is 6.04. The summed E-state index contributed by atoms with van der Waals surface area (Å²) in [7, 11) is -3.93. The van der Waals surface area contributed by atoms with Gasteiger partial charge in [-0.15, -0.1) is 0 Å². The summed E-state index contributed by atoms with van der Waals surface area (Å²) >= 11 is 0. The zero-order valence-corrected chi connectivity index (χ0v) is 17.6. The Hall–Kier alpha value is -1.49. The average molecular weight is 395 g/mol. The molecule has 0 bridgehead atoms. The lowest BCUT2D eigenvalue weighted by molar-refractivity contribution is 0.415. The van der Waals surface area contributed by atoms with Crippen molar-refractivity contribution < 1.29 is 18.6 Å². The van der Waals surface area contributed by atoms with Crippen LogP contribution in [0.3, 0.4) is 0 Å². The van der Waals surface area contributed by atoms with Gasteiger partial charge in [-0.2, -0.15) is 0 Å². The highest BCUT2D eigenvalue weighted by Crippen LogP contribution is 2.40. The van der Waals surface area contributed by atoms with Crippen LogP contribution in [0.5, 0.6) is 0 Å². The Morgan fingerprint density at radius 1 is 0.778 bits per heavy atom. The number of hydrogen-bond donors (Lipinski definition) is 2. The first kappa shape index (κ1) is 21.8. The maximum absolute atomic E-state index is 13.5. The van der Waals surface area contributed by atoms with Gasteiger partial charge in [0.2, 0.25) is 9.84 Å². The van der Waals surface area contributed by atoms with Gasteiger partial charge in [-0.1, -0.05) is 39.5 Å². The van der Waals surface area contributed by atoms with Crippen molar-refractivity contribution in [3.05, 3.63) is 44.6 Å². The van der Waals surface area contributed by atoms with Crippen molar-refractivity contribution >= 4 is 9.84 Å². The Labute approximate surface area is 164 Å². The molecule has 0 aliphatic heterocycles. The summed E-state index contributed by atoms with van der Waals surface area (Å²) in [5.41, 5.74) is 1.62. The van der Waals surface area contributed by atoms with Gasteiger partial charge >= 0.3 is 0 Å². The third kappa shape index (κ3) is 5.28. The van der Waals surface area contributed by atoms with E-state index in [1.807, 2.05) is 0 Å². The van der Waals surface area contributed by atoms with Crippen LogP contribution < -0.4 is 0 Å². The highest BCUT2D eigenvalue weighted by molar-refractivity contribution is 7.99. The molecule has 0 aromatic rings. The minimum Gasteiger partial charge on any atom is -0.507 e. The molecule has 2 rings (SSSR count). The minimum atomic E-state index is -3.93. The first-order valence-electron chi connectivity index (χ1n) is 10.4. The molecule has 4 nitrogen and oxygen atoms in total. The summed E-state index contributed by atoms with van der Waals surface area (Å²) in [6.45, 7) is 4.23. The summed E-state index contributed by atoms with van der Waals surface area (Å²) in [5, 5.41) is 20.9. The first-order valence-corrected chi connectivity index (χ1v) is 11.9. The van der Waals surface area contributed by atoms with Crippen LogP contribution in [0.15, 0.2) is 44.6 Å². The van der Waals surface area contributed by atoms with Crippen molar-refractivity contribution in [3.8, 4) is 0 Å². The zero-order valence-electron chi connectivity index (χ0n) is 16.8. The maximum Gasteiger partial charge on any atom is 0.213 e. The van der Waals surface area contributed by atoms with Crippen molar-refractivity contribution in [1.82, 2.24) is 0 Å². The van der Waals surface area contributed by atoms with Gasteiger partial charge in [-0.3, -0.25) is 0 Å². The van der Waals surface area contributed by atoms with E-state index in [9.17, 15) is 18.6 Å². The van der Waals surface area contributed by atoms with Crippen molar-refractivity contribution in [2.45, 2.75) is 90.9 Å².